The lowest BCUT2D eigenvalue weighted by molar-refractivity contribution is -0.935. The van der Waals surface area contributed by atoms with Crippen LogP contribution >= 0.6 is 0 Å². The van der Waals surface area contributed by atoms with Crippen molar-refractivity contribution in [3.63, 3.8) is 0 Å². The van der Waals surface area contributed by atoms with Gasteiger partial charge in [0, 0.05) is 24.1 Å². The van der Waals surface area contributed by atoms with Gasteiger partial charge in [-0.3, -0.25) is 4.79 Å². The second kappa shape index (κ2) is 14.9. The van der Waals surface area contributed by atoms with E-state index in [9.17, 15) is 65.5 Å². The maximum absolute atomic E-state index is 12.3. The molecule has 0 aromatic heterocycles. The zero-order valence-corrected chi connectivity index (χ0v) is 24.8. The van der Waals surface area contributed by atoms with Crippen molar-refractivity contribution in [3.8, 4) is 0 Å². The van der Waals surface area contributed by atoms with Gasteiger partial charge in [-0.15, -0.1) is 0 Å². The SMILES string of the molecule is C=CC(=O)NCCC[N+](C)(Cc1ccccc1)Cc1ccccc1.O=S(=O)([N-]S(=O)(=O)C(F)(F)C(F)(F)F)C(F)(F)C(F)(F)F. The number of rotatable bonds is 13. The first-order valence-electron chi connectivity index (χ1n) is 12.3. The Labute approximate surface area is 252 Å². The molecule has 0 unspecified atom stereocenters. The third-order valence-corrected chi connectivity index (χ3v) is 9.01. The molecule has 8 nitrogen and oxygen atoms in total. The number of nitrogens with one attached hydrogen (secondary N) is 1. The van der Waals surface area contributed by atoms with E-state index in [2.05, 4.69) is 79.6 Å². The Balaban J connectivity index is 0.000000455. The lowest BCUT2D eigenvalue weighted by atomic mass is 10.1. The summed E-state index contributed by atoms with van der Waals surface area (Å²) in [5.74, 6) is -0.102. The number of hydrogen-bond acceptors (Lipinski definition) is 5. The summed E-state index contributed by atoms with van der Waals surface area (Å²) in [4.78, 5) is 11.3. The maximum atomic E-state index is 12.3. The standard InChI is InChI=1S/C21H26N2O.C4F10NO4S2/c1-3-21(24)22-15-10-16-23(2,17-19-11-6-4-7-12-19)18-20-13-8-5-9-14-20;5-1(6,7)3(11,12)20(16,17)15-21(18,19)4(13,14)2(8,9)10/h3-9,11-14H,1,10,15-18H2,2H3;/q;-1/p+1. The van der Waals surface area contributed by atoms with Crippen molar-refractivity contribution >= 4 is 26.0 Å². The molecule has 0 aliphatic heterocycles. The molecule has 1 amide bonds. The summed E-state index contributed by atoms with van der Waals surface area (Å²) in [6.45, 7) is 7.12. The van der Waals surface area contributed by atoms with Gasteiger partial charge >= 0.3 is 22.9 Å². The zero-order valence-electron chi connectivity index (χ0n) is 23.1. The highest BCUT2D eigenvalue weighted by Crippen LogP contribution is 2.47. The van der Waals surface area contributed by atoms with Crippen molar-refractivity contribution in [3.05, 3.63) is 88.6 Å². The van der Waals surface area contributed by atoms with Gasteiger partial charge < -0.3 is 13.9 Å². The van der Waals surface area contributed by atoms with Crippen molar-refractivity contribution in [2.45, 2.75) is 42.4 Å². The van der Waals surface area contributed by atoms with Gasteiger partial charge in [-0.2, -0.15) is 43.9 Å². The van der Waals surface area contributed by atoms with Crippen molar-refractivity contribution in [2.24, 2.45) is 0 Å². The van der Waals surface area contributed by atoms with Crippen LogP contribution in [-0.2, 0) is 37.9 Å². The number of carbonyl (C=O) groups excluding carboxylic acids is 1. The van der Waals surface area contributed by atoms with E-state index < -0.39 is 42.9 Å². The molecule has 0 bridgehead atoms. The van der Waals surface area contributed by atoms with Crippen LogP contribution in [0.3, 0.4) is 0 Å². The minimum Gasteiger partial charge on any atom is -0.425 e. The molecular weight excluding hydrogens is 676 g/mol. The normalized spacial score (nSPS) is 13.4. The summed E-state index contributed by atoms with van der Waals surface area (Å²) in [7, 11) is -13.0. The number of alkyl halides is 10. The number of carbonyl (C=O) groups is 1. The van der Waals surface area contributed by atoms with Crippen LogP contribution in [0.25, 0.3) is 4.13 Å². The molecule has 45 heavy (non-hydrogen) atoms. The second-order valence-corrected chi connectivity index (χ2v) is 13.1. The van der Waals surface area contributed by atoms with Gasteiger partial charge in [0.15, 0.2) is 20.0 Å². The number of quaternary nitrogens is 1. The Morgan fingerprint density at radius 3 is 1.42 bits per heavy atom. The molecule has 0 saturated heterocycles. The van der Waals surface area contributed by atoms with Crippen LogP contribution in [0.1, 0.15) is 17.5 Å². The monoisotopic (exact) mass is 703 g/mol. The first kappa shape index (κ1) is 39.8. The Kier molecular flexibility index (Phi) is 13.2. The molecule has 0 saturated carbocycles. The molecular formula is C25H27F10N3O5S2. The first-order chi connectivity index (χ1) is 20.3. The van der Waals surface area contributed by atoms with Crippen LogP contribution in [0.15, 0.2) is 73.3 Å². The van der Waals surface area contributed by atoms with E-state index in [1.165, 1.54) is 17.2 Å². The van der Waals surface area contributed by atoms with Crippen molar-refractivity contribution < 1.29 is 70.0 Å². The van der Waals surface area contributed by atoms with Gasteiger partial charge in [0.25, 0.3) is 0 Å². The Hall–Kier alpha value is -3.23. The highest BCUT2D eigenvalue weighted by atomic mass is 32.3. The summed E-state index contributed by atoms with van der Waals surface area (Å²) in [5.41, 5.74) is 2.68. The number of benzene rings is 2. The summed E-state index contributed by atoms with van der Waals surface area (Å²) in [6.07, 6.45) is -11.7. The average molecular weight is 704 g/mol. The number of halogens is 10. The van der Waals surface area contributed by atoms with Gasteiger partial charge in [-0.05, 0) is 6.08 Å². The Bertz CT molecular complexity index is 1390. The van der Waals surface area contributed by atoms with E-state index in [1.807, 2.05) is 0 Å². The number of hydrogen-bond donors (Lipinski definition) is 1. The van der Waals surface area contributed by atoms with E-state index in [4.69, 9.17) is 0 Å². The molecule has 0 spiro atoms. The summed E-state index contributed by atoms with van der Waals surface area (Å²) in [5, 5.41) is -11.1. The molecule has 2 aromatic carbocycles. The van der Waals surface area contributed by atoms with E-state index in [1.54, 1.807) is 0 Å². The molecule has 0 aliphatic carbocycles. The molecule has 1 N–H and O–H groups in total. The van der Waals surface area contributed by atoms with Crippen LogP contribution in [-0.4, -0.2) is 70.2 Å². The fourth-order valence-corrected chi connectivity index (χ4v) is 5.89. The lowest BCUT2D eigenvalue weighted by Gasteiger charge is -2.35. The fraction of sp³-hybridized carbons (Fsp3) is 0.400. The molecule has 0 fully saturated rings. The molecule has 2 aromatic rings. The topological polar surface area (TPSA) is 111 Å². The van der Waals surface area contributed by atoms with E-state index in [0.717, 1.165) is 30.5 Å². The molecule has 0 aliphatic rings. The van der Waals surface area contributed by atoms with Crippen LogP contribution in [0.4, 0.5) is 43.9 Å². The van der Waals surface area contributed by atoms with E-state index in [-0.39, 0.29) is 5.91 Å². The molecule has 0 radical (unpaired) electrons. The van der Waals surface area contributed by atoms with Gasteiger partial charge in [0.1, 0.15) is 13.1 Å². The van der Waals surface area contributed by atoms with E-state index >= 15 is 0 Å². The number of sulfonamides is 2. The maximum Gasteiger partial charge on any atom is 0.467 e. The molecule has 254 valence electrons. The summed E-state index contributed by atoms with van der Waals surface area (Å²) >= 11 is 0. The second-order valence-electron chi connectivity index (χ2n) is 9.53. The minimum absolute atomic E-state index is 0.102. The van der Waals surface area contributed by atoms with Crippen molar-refractivity contribution in [1.82, 2.24) is 5.32 Å². The third kappa shape index (κ3) is 11.0. The molecule has 2 rings (SSSR count). The summed E-state index contributed by atoms with van der Waals surface area (Å²) < 4.78 is 162. The highest BCUT2D eigenvalue weighted by molar-refractivity contribution is 8.13. The van der Waals surface area contributed by atoms with Gasteiger partial charge in [-0.25, -0.2) is 16.8 Å². The number of nitrogens with zero attached hydrogens (tertiary/aromatic N) is 2. The molecule has 20 heteroatoms. The third-order valence-electron chi connectivity index (χ3n) is 5.68. The van der Waals surface area contributed by atoms with Crippen LogP contribution in [0.5, 0.6) is 0 Å². The van der Waals surface area contributed by atoms with Crippen LogP contribution < -0.4 is 5.32 Å². The number of amides is 1. The largest absolute Gasteiger partial charge is 0.467 e. The zero-order chi connectivity index (χ0) is 35.0. The Morgan fingerprint density at radius 2 is 1.11 bits per heavy atom. The minimum atomic E-state index is -7.62. The van der Waals surface area contributed by atoms with Gasteiger partial charge in [0.05, 0.1) is 13.6 Å². The first-order valence-corrected chi connectivity index (χ1v) is 15.1. The van der Waals surface area contributed by atoms with Crippen molar-refractivity contribution in [1.29, 1.82) is 0 Å². The van der Waals surface area contributed by atoms with Crippen LogP contribution in [0.2, 0.25) is 0 Å². The average Bonchev–Trinajstić information content (AvgIpc) is 2.90. The van der Waals surface area contributed by atoms with Crippen molar-refractivity contribution in [2.75, 3.05) is 20.1 Å². The van der Waals surface area contributed by atoms with Gasteiger partial charge in [-0.1, -0.05) is 67.2 Å². The highest BCUT2D eigenvalue weighted by Gasteiger charge is 2.68. The predicted octanol–water partition coefficient (Wildman–Crippen LogP) is 5.86. The quantitative estimate of drug-likeness (QED) is 0.122. The summed E-state index contributed by atoms with van der Waals surface area (Å²) in [6, 6.07) is 21.2. The molecule has 0 atom stereocenters. The predicted molar refractivity (Wildman–Crippen MR) is 142 cm³/mol. The Morgan fingerprint density at radius 1 is 0.756 bits per heavy atom. The smallest absolute Gasteiger partial charge is 0.425 e. The fourth-order valence-electron chi connectivity index (χ4n) is 3.52. The van der Waals surface area contributed by atoms with E-state index in [0.29, 0.717) is 10.7 Å². The molecule has 0 heterocycles. The lowest BCUT2D eigenvalue weighted by Crippen LogP contribution is -2.48. The van der Waals surface area contributed by atoms with Crippen LogP contribution in [0, 0.1) is 0 Å². The van der Waals surface area contributed by atoms with Gasteiger partial charge in [0.2, 0.25) is 5.91 Å².